The van der Waals surface area contributed by atoms with Crippen molar-refractivity contribution in [2.45, 2.75) is 58.3 Å². The summed E-state index contributed by atoms with van der Waals surface area (Å²) in [6, 6.07) is 19.4. The van der Waals surface area contributed by atoms with Crippen molar-refractivity contribution < 1.29 is 0 Å². The van der Waals surface area contributed by atoms with Crippen LogP contribution in [0.4, 0.5) is 0 Å². The minimum Gasteiger partial charge on any atom is -0.237 e. The van der Waals surface area contributed by atoms with Gasteiger partial charge in [0, 0.05) is 18.0 Å². The second-order valence-corrected chi connectivity index (χ2v) is 7.22. The van der Waals surface area contributed by atoms with E-state index >= 15 is 0 Å². The van der Waals surface area contributed by atoms with E-state index < -0.39 is 0 Å². The number of rotatable bonds is 10. The first kappa shape index (κ1) is 19.3. The molecule has 0 aliphatic carbocycles. The van der Waals surface area contributed by atoms with Crippen molar-refractivity contribution in [2.24, 2.45) is 0 Å². The predicted octanol–water partition coefficient (Wildman–Crippen LogP) is 7.10. The van der Waals surface area contributed by atoms with Crippen molar-refractivity contribution in [1.82, 2.24) is 9.97 Å². The maximum absolute atomic E-state index is 4.31. The van der Waals surface area contributed by atoms with E-state index in [1.165, 1.54) is 68.1 Å². The molecular formula is C25H30N2. The number of aryl methyl sites for hydroxylation is 1. The van der Waals surface area contributed by atoms with Gasteiger partial charge in [0.1, 0.15) is 0 Å². The molecule has 0 spiro atoms. The summed E-state index contributed by atoms with van der Waals surface area (Å²) in [4.78, 5) is 8.62. The Morgan fingerprint density at radius 3 is 1.74 bits per heavy atom. The highest BCUT2D eigenvalue weighted by atomic mass is 14.8. The highest BCUT2D eigenvalue weighted by Gasteiger charge is 2.02. The SMILES string of the molecule is CCCCCCCCCc1ccc(-c2ccc(-c3ncccn3)cc2)cc1. The lowest BCUT2D eigenvalue weighted by molar-refractivity contribution is 0.589. The molecule has 27 heavy (non-hydrogen) atoms. The Balaban J connectivity index is 1.50. The van der Waals surface area contributed by atoms with Crippen LogP contribution in [0.3, 0.4) is 0 Å². The van der Waals surface area contributed by atoms with E-state index in [-0.39, 0.29) is 0 Å². The zero-order valence-electron chi connectivity index (χ0n) is 16.4. The Labute approximate surface area is 163 Å². The van der Waals surface area contributed by atoms with Crippen molar-refractivity contribution in [2.75, 3.05) is 0 Å². The molecule has 0 aliphatic rings. The van der Waals surface area contributed by atoms with E-state index in [0.717, 1.165) is 11.4 Å². The number of hydrogen-bond acceptors (Lipinski definition) is 2. The predicted molar refractivity (Wildman–Crippen MR) is 115 cm³/mol. The van der Waals surface area contributed by atoms with Crippen molar-refractivity contribution in [3.8, 4) is 22.5 Å². The quantitative estimate of drug-likeness (QED) is 0.361. The third-order valence-electron chi connectivity index (χ3n) is 5.07. The first-order valence-electron chi connectivity index (χ1n) is 10.3. The molecule has 0 saturated heterocycles. The molecule has 3 rings (SSSR count). The van der Waals surface area contributed by atoms with E-state index in [0.29, 0.717) is 0 Å². The summed E-state index contributed by atoms with van der Waals surface area (Å²) in [5.41, 5.74) is 4.99. The second-order valence-electron chi connectivity index (χ2n) is 7.22. The van der Waals surface area contributed by atoms with Crippen LogP contribution in [0.15, 0.2) is 67.0 Å². The molecule has 0 N–H and O–H groups in total. The third kappa shape index (κ3) is 6.02. The van der Waals surface area contributed by atoms with Gasteiger partial charge in [0.25, 0.3) is 0 Å². The van der Waals surface area contributed by atoms with Gasteiger partial charge in [-0.15, -0.1) is 0 Å². The fourth-order valence-corrected chi connectivity index (χ4v) is 3.41. The molecule has 0 bridgehead atoms. The van der Waals surface area contributed by atoms with Crippen LogP contribution in [-0.2, 0) is 6.42 Å². The molecule has 0 saturated carbocycles. The van der Waals surface area contributed by atoms with Crippen molar-refractivity contribution in [3.63, 3.8) is 0 Å². The summed E-state index contributed by atoms with van der Waals surface area (Å²) in [5, 5.41) is 0. The summed E-state index contributed by atoms with van der Waals surface area (Å²) in [6.45, 7) is 2.27. The number of unbranched alkanes of at least 4 members (excludes halogenated alkanes) is 6. The molecule has 2 nitrogen and oxygen atoms in total. The average Bonchev–Trinajstić information content (AvgIpc) is 2.74. The molecule has 1 heterocycles. The van der Waals surface area contributed by atoms with E-state index in [4.69, 9.17) is 0 Å². The van der Waals surface area contributed by atoms with E-state index in [1.54, 1.807) is 12.4 Å². The van der Waals surface area contributed by atoms with Gasteiger partial charge in [-0.1, -0.05) is 94.0 Å². The summed E-state index contributed by atoms with van der Waals surface area (Å²) in [7, 11) is 0. The van der Waals surface area contributed by atoms with Gasteiger partial charge in [-0.3, -0.25) is 0 Å². The van der Waals surface area contributed by atoms with Crippen LogP contribution in [0.1, 0.15) is 57.4 Å². The summed E-state index contributed by atoms with van der Waals surface area (Å²) in [5.74, 6) is 0.772. The van der Waals surface area contributed by atoms with Gasteiger partial charge in [-0.2, -0.15) is 0 Å². The fraction of sp³-hybridized carbons (Fsp3) is 0.360. The molecule has 0 atom stereocenters. The molecule has 3 aromatic rings. The van der Waals surface area contributed by atoms with E-state index in [9.17, 15) is 0 Å². The zero-order valence-corrected chi connectivity index (χ0v) is 16.4. The van der Waals surface area contributed by atoms with Crippen LogP contribution in [-0.4, -0.2) is 9.97 Å². The normalized spacial score (nSPS) is 10.9. The zero-order chi connectivity index (χ0) is 18.7. The van der Waals surface area contributed by atoms with Crippen LogP contribution in [0, 0.1) is 0 Å². The number of benzene rings is 2. The van der Waals surface area contributed by atoms with Crippen molar-refractivity contribution in [3.05, 3.63) is 72.6 Å². The Hall–Kier alpha value is -2.48. The average molecular weight is 359 g/mol. The first-order chi connectivity index (χ1) is 13.4. The van der Waals surface area contributed by atoms with Crippen LogP contribution in [0.25, 0.3) is 22.5 Å². The summed E-state index contributed by atoms with van der Waals surface area (Å²) in [6.07, 6.45) is 14.3. The maximum Gasteiger partial charge on any atom is 0.159 e. The molecule has 0 radical (unpaired) electrons. The van der Waals surface area contributed by atoms with E-state index in [1.807, 2.05) is 6.07 Å². The summed E-state index contributed by atoms with van der Waals surface area (Å²) >= 11 is 0. The minimum absolute atomic E-state index is 0.772. The Bertz CT molecular complexity index is 777. The monoisotopic (exact) mass is 358 g/mol. The number of nitrogens with zero attached hydrogens (tertiary/aromatic N) is 2. The van der Waals surface area contributed by atoms with Gasteiger partial charge in [0.15, 0.2) is 5.82 Å². The molecule has 2 heteroatoms. The molecule has 0 aliphatic heterocycles. The van der Waals surface area contributed by atoms with E-state index in [2.05, 4.69) is 65.4 Å². The molecular weight excluding hydrogens is 328 g/mol. The van der Waals surface area contributed by atoms with Crippen LogP contribution in [0.5, 0.6) is 0 Å². The number of hydrogen-bond donors (Lipinski definition) is 0. The Kier molecular flexibility index (Phi) is 7.58. The number of aromatic nitrogens is 2. The largest absolute Gasteiger partial charge is 0.237 e. The fourth-order valence-electron chi connectivity index (χ4n) is 3.41. The van der Waals surface area contributed by atoms with Gasteiger partial charge in [-0.25, -0.2) is 9.97 Å². The Morgan fingerprint density at radius 1 is 0.593 bits per heavy atom. The maximum atomic E-state index is 4.31. The Morgan fingerprint density at radius 2 is 1.11 bits per heavy atom. The van der Waals surface area contributed by atoms with Crippen LogP contribution < -0.4 is 0 Å². The van der Waals surface area contributed by atoms with Crippen LogP contribution >= 0.6 is 0 Å². The second kappa shape index (κ2) is 10.6. The standard InChI is InChI=1S/C25H30N2/c1-2-3-4-5-6-7-8-10-21-11-13-22(14-12-21)23-15-17-24(18-16-23)25-26-19-9-20-27-25/h9,11-20H,2-8,10H2,1H3. The lowest BCUT2D eigenvalue weighted by Gasteiger charge is -2.06. The first-order valence-corrected chi connectivity index (χ1v) is 10.3. The van der Waals surface area contributed by atoms with Gasteiger partial charge >= 0.3 is 0 Å². The smallest absolute Gasteiger partial charge is 0.159 e. The third-order valence-corrected chi connectivity index (χ3v) is 5.07. The molecule has 2 aromatic carbocycles. The lowest BCUT2D eigenvalue weighted by atomic mass is 10.00. The van der Waals surface area contributed by atoms with Gasteiger partial charge < -0.3 is 0 Å². The van der Waals surface area contributed by atoms with Gasteiger partial charge in [-0.05, 0) is 35.6 Å². The highest BCUT2D eigenvalue weighted by molar-refractivity contribution is 5.67. The summed E-state index contributed by atoms with van der Waals surface area (Å²) < 4.78 is 0. The van der Waals surface area contributed by atoms with Crippen molar-refractivity contribution in [1.29, 1.82) is 0 Å². The minimum atomic E-state index is 0.772. The topological polar surface area (TPSA) is 25.8 Å². The van der Waals surface area contributed by atoms with Crippen molar-refractivity contribution >= 4 is 0 Å². The van der Waals surface area contributed by atoms with Gasteiger partial charge in [0.05, 0.1) is 0 Å². The molecule has 1 aromatic heterocycles. The molecule has 0 fully saturated rings. The molecule has 0 amide bonds. The van der Waals surface area contributed by atoms with Gasteiger partial charge in [0.2, 0.25) is 0 Å². The molecule has 140 valence electrons. The lowest BCUT2D eigenvalue weighted by Crippen LogP contribution is -1.88. The molecule has 0 unspecified atom stereocenters. The highest BCUT2D eigenvalue weighted by Crippen LogP contribution is 2.23. The van der Waals surface area contributed by atoms with Crippen LogP contribution in [0.2, 0.25) is 0 Å².